The van der Waals surface area contributed by atoms with E-state index < -0.39 is 0 Å². The Morgan fingerprint density at radius 2 is 1.68 bits per heavy atom. The number of nitrogens with one attached hydrogen (secondary N) is 2. The molecule has 2 N–H and O–H groups in total. The van der Waals surface area contributed by atoms with Crippen LogP contribution in [0.25, 0.3) is 0 Å². The van der Waals surface area contributed by atoms with Gasteiger partial charge in [0, 0.05) is 63.8 Å². The maximum atomic E-state index is 13.1. The van der Waals surface area contributed by atoms with Crippen LogP contribution in [0.4, 0.5) is 16.2 Å². The summed E-state index contributed by atoms with van der Waals surface area (Å²) in [4.78, 5) is 44.0. The number of hydrogen-bond donors (Lipinski definition) is 2. The Hall–Kier alpha value is -2.81. The molecule has 9 heteroatoms. The number of hydrogen-bond acceptors (Lipinski definition) is 6. The van der Waals surface area contributed by atoms with Crippen molar-refractivity contribution in [1.82, 2.24) is 15.1 Å². The van der Waals surface area contributed by atoms with Gasteiger partial charge in [-0.25, -0.2) is 4.79 Å². The van der Waals surface area contributed by atoms with Crippen molar-refractivity contribution in [2.75, 3.05) is 69.7 Å². The van der Waals surface area contributed by atoms with Crippen LogP contribution >= 0.6 is 0 Å². The van der Waals surface area contributed by atoms with Gasteiger partial charge in [-0.05, 0) is 37.5 Å². The molecule has 2 saturated heterocycles. The van der Waals surface area contributed by atoms with Crippen molar-refractivity contribution in [3.8, 4) is 0 Å². The zero-order valence-electron chi connectivity index (χ0n) is 20.2. The van der Waals surface area contributed by atoms with Crippen molar-refractivity contribution in [1.29, 1.82) is 0 Å². The van der Waals surface area contributed by atoms with Crippen LogP contribution in [0.3, 0.4) is 0 Å². The molecule has 1 aromatic carbocycles. The SMILES string of the molecule is COC(=O)N1CCCN(c2ccc(C(=O)N3CCNCC3)cc2NC(=O)C2CCCCC2)CC1. The number of rotatable bonds is 4. The number of benzene rings is 1. The lowest BCUT2D eigenvalue weighted by atomic mass is 9.88. The molecule has 0 spiro atoms. The van der Waals surface area contributed by atoms with Gasteiger partial charge in [-0.15, -0.1) is 0 Å². The van der Waals surface area contributed by atoms with Crippen molar-refractivity contribution in [2.24, 2.45) is 5.92 Å². The second-order valence-electron chi connectivity index (χ2n) is 9.40. The first-order valence-corrected chi connectivity index (χ1v) is 12.6. The molecule has 1 aliphatic carbocycles. The molecule has 186 valence electrons. The fourth-order valence-corrected chi connectivity index (χ4v) is 5.17. The van der Waals surface area contributed by atoms with Crippen LogP contribution in [-0.2, 0) is 9.53 Å². The van der Waals surface area contributed by atoms with Crippen LogP contribution in [0.2, 0.25) is 0 Å². The number of carbonyl (C=O) groups excluding carboxylic acids is 3. The predicted molar refractivity (Wildman–Crippen MR) is 131 cm³/mol. The Balaban J connectivity index is 1.57. The molecule has 34 heavy (non-hydrogen) atoms. The summed E-state index contributed by atoms with van der Waals surface area (Å²) < 4.78 is 4.89. The van der Waals surface area contributed by atoms with E-state index in [-0.39, 0.29) is 23.8 Å². The molecule has 3 amide bonds. The summed E-state index contributed by atoms with van der Waals surface area (Å²) in [5, 5.41) is 6.45. The molecule has 1 aromatic rings. The number of ether oxygens (including phenoxy) is 1. The normalized spacial score (nSPS) is 20.0. The van der Waals surface area contributed by atoms with E-state index in [1.165, 1.54) is 13.5 Å². The minimum absolute atomic E-state index is 0.00560. The van der Waals surface area contributed by atoms with Crippen molar-refractivity contribution in [3.05, 3.63) is 23.8 Å². The Labute approximate surface area is 201 Å². The highest BCUT2D eigenvalue weighted by Gasteiger charge is 2.26. The molecular formula is C25H37N5O4. The van der Waals surface area contributed by atoms with E-state index in [1.807, 2.05) is 23.1 Å². The molecule has 0 radical (unpaired) electrons. The van der Waals surface area contributed by atoms with Crippen molar-refractivity contribution in [2.45, 2.75) is 38.5 Å². The number of amides is 3. The Morgan fingerprint density at radius 1 is 0.912 bits per heavy atom. The molecular weight excluding hydrogens is 434 g/mol. The zero-order chi connectivity index (χ0) is 23.9. The molecule has 4 rings (SSSR count). The zero-order valence-corrected chi connectivity index (χ0v) is 20.2. The average molecular weight is 472 g/mol. The van der Waals surface area contributed by atoms with Crippen LogP contribution in [0.1, 0.15) is 48.9 Å². The van der Waals surface area contributed by atoms with Crippen LogP contribution in [-0.4, -0.2) is 87.2 Å². The number of methoxy groups -OCH3 is 1. The van der Waals surface area contributed by atoms with E-state index in [1.54, 1.807) is 4.90 Å². The lowest BCUT2D eigenvalue weighted by molar-refractivity contribution is -0.120. The summed E-state index contributed by atoms with van der Waals surface area (Å²) in [6, 6.07) is 5.64. The van der Waals surface area contributed by atoms with E-state index >= 15 is 0 Å². The van der Waals surface area contributed by atoms with Gasteiger partial charge in [0.2, 0.25) is 5.91 Å². The Morgan fingerprint density at radius 3 is 2.41 bits per heavy atom. The summed E-state index contributed by atoms with van der Waals surface area (Å²) in [6.45, 7) is 5.51. The van der Waals surface area contributed by atoms with E-state index in [9.17, 15) is 14.4 Å². The molecule has 0 aromatic heterocycles. The van der Waals surface area contributed by atoms with Crippen LogP contribution in [0, 0.1) is 5.92 Å². The lowest BCUT2D eigenvalue weighted by Crippen LogP contribution is -2.46. The van der Waals surface area contributed by atoms with Gasteiger partial charge in [0.25, 0.3) is 5.91 Å². The highest BCUT2D eigenvalue weighted by Crippen LogP contribution is 2.31. The number of carbonyl (C=O) groups is 3. The lowest BCUT2D eigenvalue weighted by Gasteiger charge is -2.29. The second-order valence-corrected chi connectivity index (χ2v) is 9.40. The second kappa shape index (κ2) is 11.6. The molecule has 9 nitrogen and oxygen atoms in total. The summed E-state index contributed by atoms with van der Waals surface area (Å²) in [5.41, 5.74) is 2.17. The summed E-state index contributed by atoms with van der Waals surface area (Å²) in [6.07, 6.45) is 5.67. The number of nitrogens with zero attached hydrogens (tertiary/aromatic N) is 3. The van der Waals surface area contributed by atoms with Gasteiger partial charge in [-0.1, -0.05) is 19.3 Å². The van der Waals surface area contributed by atoms with Gasteiger partial charge in [-0.3, -0.25) is 9.59 Å². The first-order chi connectivity index (χ1) is 16.6. The molecule has 0 atom stereocenters. The van der Waals surface area contributed by atoms with E-state index in [2.05, 4.69) is 15.5 Å². The fourth-order valence-electron chi connectivity index (χ4n) is 5.17. The molecule has 1 saturated carbocycles. The van der Waals surface area contributed by atoms with Gasteiger partial charge < -0.3 is 30.1 Å². The first-order valence-electron chi connectivity index (χ1n) is 12.6. The average Bonchev–Trinajstić information content (AvgIpc) is 3.15. The largest absolute Gasteiger partial charge is 0.453 e. The molecule has 2 aliphatic heterocycles. The smallest absolute Gasteiger partial charge is 0.409 e. The maximum Gasteiger partial charge on any atom is 0.409 e. The number of piperazine rings is 1. The van der Waals surface area contributed by atoms with Crippen molar-refractivity contribution >= 4 is 29.3 Å². The van der Waals surface area contributed by atoms with Gasteiger partial charge in [0.05, 0.1) is 18.5 Å². The highest BCUT2D eigenvalue weighted by atomic mass is 16.5. The van der Waals surface area contributed by atoms with Crippen LogP contribution in [0.15, 0.2) is 18.2 Å². The Bertz CT molecular complexity index is 880. The van der Waals surface area contributed by atoms with E-state index in [4.69, 9.17) is 4.74 Å². The van der Waals surface area contributed by atoms with Crippen molar-refractivity contribution in [3.63, 3.8) is 0 Å². The summed E-state index contributed by atoms with van der Waals surface area (Å²) in [5.74, 6) is 0.0563. The van der Waals surface area contributed by atoms with Gasteiger partial charge >= 0.3 is 6.09 Å². The third-order valence-electron chi connectivity index (χ3n) is 7.15. The molecule has 2 heterocycles. The minimum Gasteiger partial charge on any atom is -0.453 e. The quantitative estimate of drug-likeness (QED) is 0.701. The highest BCUT2D eigenvalue weighted by molar-refractivity contribution is 6.00. The molecule has 0 bridgehead atoms. The van der Waals surface area contributed by atoms with E-state index in [0.29, 0.717) is 44.0 Å². The third-order valence-corrected chi connectivity index (χ3v) is 7.15. The summed E-state index contributed by atoms with van der Waals surface area (Å²) in [7, 11) is 1.40. The monoisotopic (exact) mass is 471 g/mol. The molecule has 3 fully saturated rings. The topological polar surface area (TPSA) is 94.2 Å². The third kappa shape index (κ3) is 5.81. The fraction of sp³-hybridized carbons (Fsp3) is 0.640. The molecule has 0 unspecified atom stereocenters. The van der Waals surface area contributed by atoms with Gasteiger partial charge in [0.15, 0.2) is 0 Å². The number of anilines is 2. The minimum atomic E-state index is -0.315. The standard InChI is InChI=1S/C25H37N5O4/c1-34-25(33)30-13-5-12-28(16-17-30)22-9-8-20(24(32)29-14-10-26-11-15-29)18-21(22)27-23(31)19-6-3-2-4-7-19/h8-9,18-19,26H,2-7,10-17H2,1H3,(H,27,31). The summed E-state index contributed by atoms with van der Waals surface area (Å²) >= 11 is 0. The molecule has 3 aliphatic rings. The van der Waals surface area contributed by atoms with Crippen LogP contribution < -0.4 is 15.5 Å². The Kier molecular flexibility index (Phi) is 8.26. The predicted octanol–water partition coefficient (Wildman–Crippen LogP) is 2.53. The van der Waals surface area contributed by atoms with Crippen LogP contribution in [0.5, 0.6) is 0 Å². The first kappa shape index (κ1) is 24.3. The van der Waals surface area contributed by atoms with Crippen molar-refractivity contribution < 1.29 is 19.1 Å². The van der Waals surface area contributed by atoms with Gasteiger partial charge in [-0.2, -0.15) is 0 Å². The van der Waals surface area contributed by atoms with E-state index in [0.717, 1.165) is 57.4 Å². The maximum absolute atomic E-state index is 13.1. The van der Waals surface area contributed by atoms with Gasteiger partial charge in [0.1, 0.15) is 0 Å².